The second kappa shape index (κ2) is 3.58. The number of rotatable bonds is 2. The van der Waals surface area contributed by atoms with Gasteiger partial charge in [0, 0.05) is 12.1 Å². The lowest BCUT2D eigenvalue weighted by molar-refractivity contribution is -0.0156. The zero-order chi connectivity index (χ0) is 9.42. The van der Waals surface area contributed by atoms with E-state index in [0.717, 1.165) is 12.5 Å². The molecule has 2 atom stereocenters. The highest BCUT2D eigenvalue weighted by molar-refractivity contribution is 4.95. The molecule has 1 N–H and O–H groups in total. The zero-order valence-electron chi connectivity index (χ0n) is 8.74. The minimum absolute atomic E-state index is 0.0747. The molecule has 0 aromatic rings. The number of likely N-dealkylation sites (tertiary alicyclic amines) is 1. The van der Waals surface area contributed by atoms with E-state index < -0.39 is 0 Å². The van der Waals surface area contributed by atoms with Gasteiger partial charge in [-0.05, 0) is 38.1 Å². The van der Waals surface area contributed by atoms with Crippen LogP contribution in [0, 0.1) is 5.92 Å². The van der Waals surface area contributed by atoms with Crippen LogP contribution < -0.4 is 0 Å². The van der Waals surface area contributed by atoms with Crippen molar-refractivity contribution in [1.29, 1.82) is 0 Å². The molecule has 2 rings (SSSR count). The number of piperidine rings is 1. The van der Waals surface area contributed by atoms with Gasteiger partial charge in [-0.15, -0.1) is 0 Å². The first-order chi connectivity index (χ1) is 6.20. The molecule has 0 radical (unpaired) electrons. The Bertz CT molecular complexity index is 177. The van der Waals surface area contributed by atoms with Gasteiger partial charge in [0.2, 0.25) is 0 Å². The van der Waals surface area contributed by atoms with Gasteiger partial charge in [-0.3, -0.25) is 4.90 Å². The molecule has 2 heteroatoms. The highest BCUT2D eigenvalue weighted by atomic mass is 16.3. The summed E-state index contributed by atoms with van der Waals surface area (Å²) in [5, 5.41) is 9.94. The fourth-order valence-electron chi connectivity index (χ4n) is 2.68. The minimum Gasteiger partial charge on any atom is -0.391 e. The molecule has 2 aliphatic rings. The normalized spacial score (nSPS) is 36.9. The molecule has 2 fully saturated rings. The molecule has 1 aliphatic carbocycles. The molecule has 1 saturated carbocycles. The Kier molecular flexibility index (Phi) is 2.61. The number of hydrogen-bond acceptors (Lipinski definition) is 2. The van der Waals surface area contributed by atoms with Crippen LogP contribution in [-0.4, -0.2) is 34.7 Å². The summed E-state index contributed by atoms with van der Waals surface area (Å²) < 4.78 is 0. The predicted octanol–water partition coefficient (Wildman–Crippen LogP) is 1.63. The number of hydrogen-bond donors (Lipinski definition) is 1. The first-order valence-corrected chi connectivity index (χ1v) is 5.64. The Morgan fingerprint density at radius 3 is 2.46 bits per heavy atom. The van der Waals surface area contributed by atoms with Crippen LogP contribution in [0.3, 0.4) is 0 Å². The molecular weight excluding hydrogens is 162 g/mol. The number of aliphatic hydroxyl groups is 1. The van der Waals surface area contributed by atoms with Crippen molar-refractivity contribution in [2.75, 3.05) is 6.54 Å². The summed E-state index contributed by atoms with van der Waals surface area (Å²) in [6.07, 6.45) is 4.83. The average molecular weight is 183 g/mol. The summed E-state index contributed by atoms with van der Waals surface area (Å²) in [6, 6.07) is 1.24. The second-order valence-corrected chi connectivity index (χ2v) is 4.91. The summed E-state index contributed by atoms with van der Waals surface area (Å²) >= 11 is 0. The van der Waals surface area contributed by atoms with E-state index in [9.17, 15) is 5.11 Å². The zero-order valence-corrected chi connectivity index (χ0v) is 8.74. The molecule has 2 nitrogen and oxygen atoms in total. The molecule has 76 valence electrons. The summed E-state index contributed by atoms with van der Waals surface area (Å²) in [6.45, 7) is 5.67. The van der Waals surface area contributed by atoms with Gasteiger partial charge in [0.15, 0.2) is 0 Å². The Hall–Kier alpha value is -0.0800. The quantitative estimate of drug-likeness (QED) is 0.703. The maximum atomic E-state index is 9.94. The lowest BCUT2D eigenvalue weighted by atomic mass is 9.90. The van der Waals surface area contributed by atoms with Crippen LogP contribution in [0.15, 0.2) is 0 Å². The Labute approximate surface area is 80.9 Å². The van der Waals surface area contributed by atoms with Crippen LogP contribution in [0.4, 0.5) is 0 Å². The third-order valence-corrected chi connectivity index (χ3v) is 3.39. The van der Waals surface area contributed by atoms with Gasteiger partial charge in [-0.25, -0.2) is 0 Å². The molecule has 1 heterocycles. The van der Waals surface area contributed by atoms with E-state index in [1.807, 2.05) is 0 Å². The third-order valence-electron chi connectivity index (χ3n) is 3.39. The van der Waals surface area contributed by atoms with Gasteiger partial charge in [0.1, 0.15) is 0 Å². The molecule has 1 saturated heterocycles. The molecular formula is C11H21NO. The van der Waals surface area contributed by atoms with Crippen molar-refractivity contribution in [3.8, 4) is 0 Å². The van der Waals surface area contributed by atoms with Crippen molar-refractivity contribution in [1.82, 2.24) is 4.90 Å². The molecule has 2 unspecified atom stereocenters. The molecule has 0 aromatic heterocycles. The molecule has 0 aromatic carbocycles. The third kappa shape index (κ3) is 1.89. The summed E-state index contributed by atoms with van der Waals surface area (Å²) in [4.78, 5) is 2.55. The van der Waals surface area contributed by atoms with E-state index in [1.165, 1.54) is 25.8 Å². The number of nitrogens with zero attached hydrogens (tertiary/aromatic N) is 1. The summed E-state index contributed by atoms with van der Waals surface area (Å²) in [5.74, 6) is 0.593. The van der Waals surface area contributed by atoms with Crippen molar-refractivity contribution < 1.29 is 5.11 Å². The number of aliphatic hydroxyl groups excluding tert-OH is 1. The first kappa shape index (κ1) is 9.47. The van der Waals surface area contributed by atoms with Gasteiger partial charge in [-0.2, -0.15) is 0 Å². The van der Waals surface area contributed by atoms with E-state index in [2.05, 4.69) is 18.7 Å². The van der Waals surface area contributed by atoms with Crippen molar-refractivity contribution in [2.24, 2.45) is 5.92 Å². The fraction of sp³-hybridized carbons (Fsp3) is 1.00. The van der Waals surface area contributed by atoms with Crippen LogP contribution in [0.1, 0.15) is 39.5 Å². The molecule has 1 aliphatic heterocycles. The van der Waals surface area contributed by atoms with Crippen LogP contribution in [-0.2, 0) is 0 Å². The lowest BCUT2D eigenvalue weighted by Gasteiger charge is -2.41. The second-order valence-electron chi connectivity index (χ2n) is 4.91. The Morgan fingerprint density at radius 1 is 1.23 bits per heavy atom. The highest BCUT2D eigenvalue weighted by Gasteiger charge is 2.40. The minimum atomic E-state index is -0.0747. The Balaban J connectivity index is 2.04. The molecule has 0 spiro atoms. The summed E-state index contributed by atoms with van der Waals surface area (Å²) in [7, 11) is 0. The SMILES string of the molecule is CC(C)C1C(O)CCCN1C1CC1. The summed E-state index contributed by atoms with van der Waals surface area (Å²) in [5.41, 5.74) is 0. The molecule has 0 amide bonds. The molecule has 13 heavy (non-hydrogen) atoms. The first-order valence-electron chi connectivity index (χ1n) is 5.64. The largest absolute Gasteiger partial charge is 0.391 e. The van der Waals surface area contributed by atoms with Crippen LogP contribution in [0.5, 0.6) is 0 Å². The smallest absolute Gasteiger partial charge is 0.0698 e. The van der Waals surface area contributed by atoms with Crippen molar-refractivity contribution in [3.63, 3.8) is 0 Å². The highest BCUT2D eigenvalue weighted by Crippen LogP contribution is 2.35. The van der Waals surface area contributed by atoms with Gasteiger partial charge < -0.3 is 5.11 Å². The van der Waals surface area contributed by atoms with Crippen molar-refractivity contribution in [2.45, 2.75) is 57.7 Å². The van der Waals surface area contributed by atoms with E-state index in [-0.39, 0.29) is 6.10 Å². The van der Waals surface area contributed by atoms with Crippen molar-refractivity contribution in [3.05, 3.63) is 0 Å². The van der Waals surface area contributed by atoms with Crippen LogP contribution in [0.2, 0.25) is 0 Å². The molecule has 0 bridgehead atoms. The fourth-order valence-corrected chi connectivity index (χ4v) is 2.68. The van der Waals surface area contributed by atoms with E-state index in [0.29, 0.717) is 12.0 Å². The van der Waals surface area contributed by atoms with Gasteiger partial charge in [0.25, 0.3) is 0 Å². The lowest BCUT2D eigenvalue weighted by Crippen LogP contribution is -2.51. The topological polar surface area (TPSA) is 23.5 Å². The van der Waals surface area contributed by atoms with E-state index >= 15 is 0 Å². The standard InChI is InChI=1S/C11H21NO/c1-8(2)11-10(13)4-3-7-12(11)9-5-6-9/h8-11,13H,3-7H2,1-2H3. The van der Waals surface area contributed by atoms with Gasteiger partial charge >= 0.3 is 0 Å². The van der Waals surface area contributed by atoms with E-state index in [4.69, 9.17) is 0 Å². The predicted molar refractivity (Wildman–Crippen MR) is 53.6 cm³/mol. The van der Waals surface area contributed by atoms with Crippen molar-refractivity contribution >= 4 is 0 Å². The van der Waals surface area contributed by atoms with Crippen LogP contribution >= 0.6 is 0 Å². The van der Waals surface area contributed by atoms with Gasteiger partial charge in [0.05, 0.1) is 6.10 Å². The van der Waals surface area contributed by atoms with Gasteiger partial charge in [-0.1, -0.05) is 13.8 Å². The maximum Gasteiger partial charge on any atom is 0.0698 e. The van der Waals surface area contributed by atoms with Crippen LogP contribution in [0.25, 0.3) is 0 Å². The average Bonchev–Trinajstić information content (AvgIpc) is 2.85. The Morgan fingerprint density at radius 2 is 1.92 bits per heavy atom. The van der Waals surface area contributed by atoms with E-state index in [1.54, 1.807) is 0 Å². The maximum absolute atomic E-state index is 9.94. The monoisotopic (exact) mass is 183 g/mol.